The molecule has 0 saturated heterocycles. The number of hydrogen-bond donors (Lipinski definition) is 4. The van der Waals surface area contributed by atoms with E-state index in [2.05, 4.69) is 0 Å². The average Bonchev–Trinajstić information content (AvgIpc) is 1.36. The first kappa shape index (κ1) is 47.2. The van der Waals surface area contributed by atoms with Crippen LogP contribution >= 0.6 is 0 Å². The smallest absolute Gasteiger partial charge is 0.543 e. The van der Waals surface area contributed by atoms with Crippen molar-refractivity contribution in [3.05, 3.63) is 0 Å². The van der Waals surface area contributed by atoms with Crippen LogP contribution in [0.5, 0.6) is 0 Å². The van der Waals surface area contributed by atoms with Gasteiger partial charge < -0.3 is 44.4 Å². The molecule has 9 heteroatoms. The first-order chi connectivity index (χ1) is 2.64. The SMILES string of the molecule is N.N.N.N.O=C([O-])C(=O)[O-].[Pd+2]. The molecule has 0 aromatic rings. The molecule has 12 N–H and O–H groups in total. The number of hydrogen-bond acceptors (Lipinski definition) is 8. The summed E-state index contributed by atoms with van der Waals surface area (Å²) in [5.41, 5.74) is 0. The van der Waals surface area contributed by atoms with Crippen LogP contribution in [0, 0.1) is 0 Å². The molecule has 0 aromatic carbocycles. The molecule has 0 saturated carbocycles. The number of aliphatic carboxylic acids is 2. The first-order valence-electron chi connectivity index (χ1n) is 1.07. The van der Waals surface area contributed by atoms with Gasteiger partial charge in [0.1, 0.15) is 0 Å². The molecule has 0 fully saturated rings. The fourth-order valence-electron chi connectivity index (χ4n) is 0. The molecular formula is C2H12N4O4Pd. The molecule has 74 valence electrons. The molecule has 0 atom stereocenters. The molecule has 0 rings (SSSR count). The molecule has 0 heterocycles. The zero-order valence-corrected chi connectivity index (χ0v) is 7.33. The number of carboxylic acid groups (broad SMARTS) is 2. The fraction of sp³-hybridized carbons (Fsp3) is 0. The Bertz CT molecular complexity index is 86.1. The second-order valence-corrected chi connectivity index (χ2v) is 0.575. The molecule has 0 aliphatic carbocycles. The number of carbonyl (C=O) groups excluding carboxylic acids is 2. The Morgan fingerprint density at radius 1 is 0.727 bits per heavy atom. The molecule has 11 heavy (non-hydrogen) atoms. The molecule has 0 radical (unpaired) electrons. The third-order valence-electron chi connectivity index (χ3n) is 0.167. The quantitative estimate of drug-likeness (QED) is 0.261. The third-order valence-corrected chi connectivity index (χ3v) is 0.167. The van der Waals surface area contributed by atoms with Crippen LogP contribution in [-0.4, -0.2) is 11.9 Å². The van der Waals surface area contributed by atoms with Crippen LogP contribution in [0.1, 0.15) is 0 Å². The third kappa shape index (κ3) is 44.1. The van der Waals surface area contributed by atoms with Crippen molar-refractivity contribution in [3.8, 4) is 0 Å². The minimum Gasteiger partial charge on any atom is -0.543 e. The fourth-order valence-corrected chi connectivity index (χ4v) is 0. The average molecular weight is 263 g/mol. The Labute approximate surface area is 77.3 Å². The summed E-state index contributed by atoms with van der Waals surface area (Å²) < 4.78 is 0. The van der Waals surface area contributed by atoms with Crippen LogP contribution in [0.4, 0.5) is 0 Å². The number of carboxylic acids is 2. The predicted octanol–water partition coefficient (Wildman–Crippen LogP) is -2.87. The van der Waals surface area contributed by atoms with Gasteiger partial charge in [0.05, 0.1) is 11.9 Å². The molecule has 0 unspecified atom stereocenters. The van der Waals surface area contributed by atoms with Crippen molar-refractivity contribution in [1.29, 1.82) is 0 Å². The van der Waals surface area contributed by atoms with Crippen molar-refractivity contribution in [3.63, 3.8) is 0 Å². The van der Waals surface area contributed by atoms with E-state index in [1.165, 1.54) is 0 Å². The van der Waals surface area contributed by atoms with Crippen molar-refractivity contribution in [2.45, 2.75) is 0 Å². The number of carbonyl (C=O) groups is 2. The molecule has 0 aliphatic rings. The molecular weight excluding hydrogens is 250 g/mol. The summed E-state index contributed by atoms with van der Waals surface area (Å²) in [6, 6.07) is 0. The zero-order chi connectivity index (χ0) is 5.15. The van der Waals surface area contributed by atoms with Crippen molar-refractivity contribution >= 4 is 11.9 Å². The topological polar surface area (TPSA) is 220 Å². The van der Waals surface area contributed by atoms with E-state index in [4.69, 9.17) is 19.8 Å². The van der Waals surface area contributed by atoms with Gasteiger partial charge in [0.25, 0.3) is 0 Å². The van der Waals surface area contributed by atoms with Crippen molar-refractivity contribution in [2.24, 2.45) is 0 Å². The molecule has 0 amide bonds. The van der Waals surface area contributed by atoms with E-state index in [9.17, 15) is 0 Å². The van der Waals surface area contributed by atoms with Gasteiger partial charge in [-0.1, -0.05) is 0 Å². The first-order valence-corrected chi connectivity index (χ1v) is 1.07. The van der Waals surface area contributed by atoms with Crippen LogP contribution in [-0.2, 0) is 30.0 Å². The van der Waals surface area contributed by atoms with Gasteiger partial charge >= 0.3 is 20.4 Å². The van der Waals surface area contributed by atoms with E-state index in [1.54, 1.807) is 0 Å². The van der Waals surface area contributed by atoms with Gasteiger partial charge in [-0.2, -0.15) is 0 Å². The van der Waals surface area contributed by atoms with E-state index in [0.29, 0.717) is 0 Å². The summed E-state index contributed by atoms with van der Waals surface area (Å²) in [6.45, 7) is 0. The maximum Gasteiger partial charge on any atom is 2.00 e. The summed E-state index contributed by atoms with van der Waals surface area (Å²) in [5, 5.41) is 17.9. The normalized spacial score (nSPS) is 4.00. The Morgan fingerprint density at radius 3 is 0.818 bits per heavy atom. The standard InChI is InChI=1S/C2H2O4.4H3N.Pd/c3-1(4)2(5)6;;;;;/h(H,3,4)(H,5,6);4*1H3;/q;;;;;+2/p-2. The van der Waals surface area contributed by atoms with E-state index in [-0.39, 0.29) is 45.0 Å². The number of rotatable bonds is 0. The molecule has 0 aromatic heterocycles. The molecule has 0 aliphatic heterocycles. The van der Waals surface area contributed by atoms with E-state index >= 15 is 0 Å². The van der Waals surface area contributed by atoms with Gasteiger partial charge in [0.15, 0.2) is 0 Å². The van der Waals surface area contributed by atoms with Crippen LogP contribution in [0.15, 0.2) is 0 Å². The second-order valence-electron chi connectivity index (χ2n) is 0.575. The van der Waals surface area contributed by atoms with Crippen molar-refractivity contribution in [1.82, 2.24) is 24.6 Å². The minimum atomic E-state index is -2.19. The van der Waals surface area contributed by atoms with Crippen LogP contribution < -0.4 is 34.8 Å². The van der Waals surface area contributed by atoms with Crippen LogP contribution in [0.3, 0.4) is 0 Å². The summed E-state index contributed by atoms with van der Waals surface area (Å²) in [5.74, 6) is -4.37. The van der Waals surface area contributed by atoms with Crippen molar-refractivity contribution < 1.29 is 40.2 Å². The van der Waals surface area contributed by atoms with Gasteiger partial charge in [0.2, 0.25) is 0 Å². The Balaban J connectivity index is -0.0000000125. The summed E-state index contributed by atoms with van der Waals surface area (Å²) in [7, 11) is 0. The van der Waals surface area contributed by atoms with Crippen LogP contribution in [0.2, 0.25) is 0 Å². The summed E-state index contributed by atoms with van der Waals surface area (Å²) in [4.78, 5) is 17.9. The Hall–Kier alpha value is -0.558. The van der Waals surface area contributed by atoms with Crippen molar-refractivity contribution in [2.75, 3.05) is 0 Å². The summed E-state index contributed by atoms with van der Waals surface area (Å²) in [6.07, 6.45) is 0. The van der Waals surface area contributed by atoms with Gasteiger partial charge in [-0.3, -0.25) is 0 Å². The van der Waals surface area contributed by atoms with Gasteiger partial charge in [-0.15, -0.1) is 0 Å². The largest absolute Gasteiger partial charge is 2.00 e. The predicted molar refractivity (Wildman–Crippen MR) is 30.1 cm³/mol. The van der Waals surface area contributed by atoms with Gasteiger partial charge in [-0.05, 0) is 0 Å². The maximum atomic E-state index is 8.93. The Kier molecular flexibility index (Phi) is 97.4. The van der Waals surface area contributed by atoms with E-state index in [0.717, 1.165) is 0 Å². The second kappa shape index (κ2) is 22.7. The zero-order valence-electron chi connectivity index (χ0n) is 5.78. The monoisotopic (exact) mass is 262 g/mol. The molecule has 0 spiro atoms. The molecule has 8 nitrogen and oxygen atoms in total. The maximum absolute atomic E-state index is 8.93. The van der Waals surface area contributed by atoms with E-state index in [1.807, 2.05) is 0 Å². The Morgan fingerprint density at radius 2 is 0.818 bits per heavy atom. The van der Waals surface area contributed by atoms with E-state index < -0.39 is 11.9 Å². The van der Waals surface area contributed by atoms with Gasteiger partial charge in [0, 0.05) is 0 Å². The van der Waals surface area contributed by atoms with Crippen LogP contribution in [0.25, 0.3) is 0 Å². The van der Waals surface area contributed by atoms with Gasteiger partial charge in [-0.25, -0.2) is 0 Å². The minimum absolute atomic E-state index is 0. The molecule has 0 bridgehead atoms. The summed E-state index contributed by atoms with van der Waals surface area (Å²) >= 11 is 0.